The molecule has 1 atom stereocenters. The smallest absolute Gasteiger partial charge is 0.124 e. The van der Waals surface area contributed by atoms with Crippen molar-refractivity contribution in [3.63, 3.8) is 0 Å². The zero-order valence-electron chi connectivity index (χ0n) is 11.4. The highest BCUT2D eigenvalue weighted by atomic mass is 127. The van der Waals surface area contributed by atoms with Crippen LogP contribution in [-0.2, 0) is 0 Å². The van der Waals surface area contributed by atoms with Crippen LogP contribution in [0.3, 0.4) is 0 Å². The summed E-state index contributed by atoms with van der Waals surface area (Å²) >= 11 is 2.31. The van der Waals surface area contributed by atoms with Gasteiger partial charge < -0.3 is 10.5 Å². The number of nitrogens with two attached hydrogens (primary N) is 1. The van der Waals surface area contributed by atoms with E-state index in [0.29, 0.717) is 0 Å². The molecule has 2 aromatic carbocycles. The molecule has 0 aromatic heterocycles. The van der Waals surface area contributed by atoms with Crippen LogP contribution in [0.25, 0.3) is 0 Å². The van der Waals surface area contributed by atoms with Crippen molar-refractivity contribution in [1.82, 2.24) is 0 Å². The first-order valence-electron chi connectivity index (χ1n) is 6.19. The van der Waals surface area contributed by atoms with E-state index in [9.17, 15) is 0 Å². The minimum Gasteiger partial charge on any atom is -0.496 e. The summed E-state index contributed by atoms with van der Waals surface area (Å²) in [5.74, 6) is 0.943. The van der Waals surface area contributed by atoms with E-state index in [1.54, 1.807) is 7.11 Å². The first-order valence-corrected chi connectivity index (χ1v) is 7.27. The van der Waals surface area contributed by atoms with Crippen molar-refractivity contribution in [2.45, 2.75) is 19.9 Å². The lowest BCUT2D eigenvalue weighted by Gasteiger charge is -2.17. The molecule has 3 heteroatoms. The zero-order chi connectivity index (χ0) is 14.0. The Bertz CT molecular complexity index is 572. The van der Waals surface area contributed by atoms with Crippen LogP contribution in [0.15, 0.2) is 36.4 Å². The lowest BCUT2D eigenvalue weighted by Crippen LogP contribution is -2.12. The summed E-state index contributed by atoms with van der Waals surface area (Å²) in [7, 11) is 1.70. The number of rotatable bonds is 3. The van der Waals surface area contributed by atoms with Gasteiger partial charge in [-0.3, -0.25) is 0 Å². The van der Waals surface area contributed by atoms with E-state index in [-0.39, 0.29) is 6.04 Å². The fraction of sp³-hybridized carbons (Fsp3) is 0.250. The minimum absolute atomic E-state index is 0.0991. The quantitative estimate of drug-likeness (QED) is 0.834. The Balaban J connectivity index is 2.42. The van der Waals surface area contributed by atoms with Gasteiger partial charge >= 0.3 is 0 Å². The van der Waals surface area contributed by atoms with Crippen LogP contribution in [0, 0.1) is 17.4 Å². The number of halogens is 1. The predicted octanol–water partition coefficient (Wildman–Crippen LogP) is 3.96. The maximum atomic E-state index is 6.37. The molecule has 0 aliphatic carbocycles. The molecule has 2 aromatic rings. The van der Waals surface area contributed by atoms with Gasteiger partial charge in [0.1, 0.15) is 5.75 Å². The second kappa shape index (κ2) is 5.92. The van der Waals surface area contributed by atoms with Crippen molar-refractivity contribution in [2.24, 2.45) is 5.73 Å². The van der Waals surface area contributed by atoms with Gasteiger partial charge in [0.05, 0.1) is 13.2 Å². The molecule has 2 rings (SSSR count). The van der Waals surface area contributed by atoms with E-state index in [2.05, 4.69) is 66.8 Å². The van der Waals surface area contributed by atoms with Crippen molar-refractivity contribution in [3.8, 4) is 5.75 Å². The van der Waals surface area contributed by atoms with Crippen molar-refractivity contribution >= 4 is 22.6 Å². The van der Waals surface area contributed by atoms with Gasteiger partial charge in [0.15, 0.2) is 0 Å². The fourth-order valence-electron chi connectivity index (χ4n) is 2.38. The summed E-state index contributed by atoms with van der Waals surface area (Å²) in [4.78, 5) is 0. The van der Waals surface area contributed by atoms with Crippen molar-refractivity contribution < 1.29 is 4.74 Å². The first kappa shape index (κ1) is 14.3. The van der Waals surface area contributed by atoms with Gasteiger partial charge in [-0.2, -0.15) is 0 Å². The lowest BCUT2D eigenvalue weighted by atomic mass is 9.96. The summed E-state index contributed by atoms with van der Waals surface area (Å²) in [6.45, 7) is 4.10. The van der Waals surface area contributed by atoms with Crippen LogP contribution in [0.4, 0.5) is 0 Å². The molecule has 0 radical (unpaired) electrons. The molecule has 2 N–H and O–H groups in total. The highest BCUT2D eigenvalue weighted by molar-refractivity contribution is 14.1. The first-order chi connectivity index (χ1) is 9.02. The van der Waals surface area contributed by atoms with Crippen LogP contribution in [0.2, 0.25) is 0 Å². The van der Waals surface area contributed by atoms with Gasteiger partial charge in [0.25, 0.3) is 0 Å². The molecule has 0 aliphatic heterocycles. The van der Waals surface area contributed by atoms with Gasteiger partial charge in [-0.1, -0.05) is 24.3 Å². The Morgan fingerprint density at radius 3 is 2.21 bits per heavy atom. The van der Waals surface area contributed by atoms with E-state index >= 15 is 0 Å². The number of ether oxygens (including phenoxy) is 1. The number of hydrogen-bond donors (Lipinski definition) is 1. The van der Waals surface area contributed by atoms with Crippen molar-refractivity contribution in [3.05, 3.63) is 62.2 Å². The van der Waals surface area contributed by atoms with Crippen LogP contribution >= 0.6 is 22.6 Å². The van der Waals surface area contributed by atoms with E-state index < -0.39 is 0 Å². The normalized spacial score (nSPS) is 12.3. The Kier molecular flexibility index (Phi) is 4.47. The molecule has 0 spiro atoms. The predicted molar refractivity (Wildman–Crippen MR) is 87.7 cm³/mol. The Hall–Kier alpha value is -1.07. The number of hydrogen-bond acceptors (Lipinski definition) is 2. The summed E-state index contributed by atoms with van der Waals surface area (Å²) in [5.41, 5.74) is 10.9. The largest absolute Gasteiger partial charge is 0.496 e. The molecule has 0 aliphatic rings. The van der Waals surface area contributed by atoms with E-state index in [1.165, 1.54) is 3.57 Å². The van der Waals surface area contributed by atoms with Crippen molar-refractivity contribution in [1.29, 1.82) is 0 Å². The monoisotopic (exact) mass is 367 g/mol. The average Bonchev–Trinajstić information content (AvgIpc) is 2.37. The molecule has 19 heavy (non-hydrogen) atoms. The fourth-order valence-corrected chi connectivity index (χ4v) is 2.94. The van der Waals surface area contributed by atoms with Gasteiger partial charge in [-0.15, -0.1) is 0 Å². The van der Waals surface area contributed by atoms with Crippen LogP contribution in [0.1, 0.15) is 28.3 Å². The molecule has 0 amide bonds. The second-order valence-electron chi connectivity index (χ2n) is 4.72. The third-order valence-corrected chi connectivity index (χ3v) is 3.92. The molecule has 0 fully saturated rings. The molecular weight excluding hydrogens is 349 g/mol. The summed E-state index contributed by atoms with van der Waals surface area (Å²) < 4.78 is 6.59. The van der Waals surface area contributed by atoms with Crippen LogP contribution < -0.4 is 10.5 Å². The minimum atomic E-state index is -0.0991. The maximum absolute atomic E-state index is 6.37. The van der Waals surface area contributed by atoms with E-state index in [0.717, 1.165) is 28.0 Å². The van der Waals surface area contributed by atoms with E-state index in [4.69, 9.17) is 10.5 Å². The Labute approximate surface area is 128 Å². The number of methoxy groups -OCH3 is 1. The Morgan fingerprint density at radius 2 is 1.68 bits per heavy atom. The van der Waals surface area contributed by atoms with Gasteiger partial charge in [-0.25, -0.2) is 0 Å². The number of benzene rings is 2. The third kappa shape index (κ3) is 3.09. The number of aryl methyl sites for hydroxylation is 2. The van der Waals surface area contributed by atoms with Gasteiger partial charge in [-0.05, 0) is 70.8 Å². The van der Waals surface area contributed by atoms with Crippen LogP contribution in [-0.4, -0.2) is 7.11 Å². The molecule has 1 unspecified atom stereocenters. The highest BCUT2D eigenvalue weighted by Gasteiger charge is 2.13. The highest BCUT2D eigenvalue weighted by Crippen LogP contribution is 2.29. The summed E-state index contributed by atoms with van der Waals surface area (Å²) in [5, 5.41) is 0. The third-order valence-electron chi connectivity index (χ3n) is 3.25. The SMILES string of the molecule is COc1c(C)cc(C(N)c2cccc(I)c2)cc1C. The zero-order valence-corrected chi connectivity index (χ0v) is 13.6. The van der Waals surface area contributed by atoms with Gasteiger partial charge in [0.2, 0.25) is 0 Å². The van der Waals surface area contributed by atoms with Crippen LogP contribution in [0.5, 0.6) is 5.75 Å². The molecule has 0 heterocycles. The molecular formula is C16H18INO. The summed E-state index contributed by atoms with van der Waals surface area (Å²) in [6, 6.07) is 12.4. The molecule has 0 saturated heterocycles. The Morgan fingerprint density at radius 1 is 1.05 bits per heavy atom. The maximum Gasteiger partial charge on any atom is 0.124 e. The standard InChI is InChI=1S/C16H18INO/c1-10-7-13(8-11(2)16(10)19-3)15(18)12-5-4-6-14(17)9-12/h4-9,15H,18H2,1-3H3. The molecule has 0 saturated carbocycles. The topological polar surface area (TPSA) is 35.2 Å². The second-order valence-corrected chi connectivity index (χ2v) is 5.97. The molecule has 0 bridgehead atoms. The summed E-state index contributed by atoms with van der Waals surface area (Å²) in [6.07, 6.45) is 0. The molecule has 2 nitrogen and oxygen atoms in total. The van der Waals surface area contributed by atoms with E-state index in [1.807, 2.05) is 6.07 Å². The molecule has 100 valence electrons. The van der Waals surface area contributed by atoms with Gasteiger partial charge in [0, 0.05) is 3.57 Å². The average molecular weight is 367 g/mol. The lowest BCUT2D eigenvalue weighted by molar-refractivity contribution is 0.408. The van der Waals surface area contributed by atoms with Crippen molar-refractivity contribution in [2.75, 3.05) is 7.11 Å².